The minimum atomic E-state index is -0.215. The lowest BCUT2D eigenvalue weighted by molar-refractivity contribution is 0.554. The van der Waals surface area contributed by atoms with Crippen LogP contribution in [-0.4, -0.2) is 0 Å². The molecule has 1 aromatic rings. The van der Waals surface area contributed by atoms with Crippen LogP contribution in [-0.2, 0) is 5.54 Å². The van der Waals surface area contributed by atoms with E-state index in [9.17, 15) is 0 Å². The number of nitrogens with two attached hydrogens (primary N) is 1. The molecule has 0 bridgehead atoms. The van der Waals surface area contributed by atoms with Gasteiger partial charge in [0.25, 0.3) is 0 Å². The van der Waals surface area contributed by atoms with Crippen LogP contribution in [0.4, 0.5) is 0 Å². The Morgan fingerprint density at radius 3 is 1.69 bits per heavy atom. The minimum absolute atomic E-state index is 0.215. The van der Waals surface area contributed by atoms with E-state index in [1.54, 1.807) is 0 Å². The quantitative estimate of drug-likeness (QED) is 0.704. The van der Waals surface area contributed by atoms with Gasteiger partial charge in [-0.25, -0.2) is 0 Å². The van der Waals surface area contributed by atoms with Gasteiger partial charge in [0.15, 0.2) is 0 Å². The van der Waals surface area contributed by atoms with Gasteiger partial charge in [-0.1, -0.05) is 43.7 Å². The molecular weight excluding hydrogens is 158 g/mol. The van der Waals surface area contributed by atoms with Gasteiger partial charge < -0.3 is 5.73 Å². The maximum atomic E-state index is 5.91. The normalized spacial score (nSPS) is 10.3. The molecule has 1 aromatic carbocycles. The Labute approximate surface area is 82.0 Å². The average Bonchev–Trinajstić information content (AvgIpc) is 2.07. The Morgan fingerprint density at radius 2 is 1.38 bits per heavy atom. The molecule has 0 heterocycles. The van der Waals surface area contributed by atoms with Crippen LogP contribution in [0, 0.1) is 6.92 Å². The molecule has 0 aliphatic heterocycles. The Morgan fingerprint density at radius 1 is 1.00 bits per heavy atom. The summed E-state index contributed by atoms with van der Waals surface area (Å²) < 4.78 is 0. The Kier molecular flexibility index (Phi) is 4.71. The molecule has 74 valence electrons. The highest BCUT2D eigenvalue weighted by Crippen LogP contribution is 2.16. The van der Waals surface area contributed by atoms with Crippen molar-refractivity contribution in [3.05, 3.63) is 35.4 Å². The van der Waals surface area contributed by atoms with E-state index in [0.29, 0.717) is 0 Å². The fourth-order valence-corrected chi connectivity index (χ4v) is 0.983. The van der Waals surface area contributed by atoms with E-state index in [1.807, 2.05) is 27.7 Å². The molecule has 0 atom stereocenters. The third kappa shape index (κ3) is 4.09. The van der Waals surface area contributed by atoms with Crippen molar-refractivity contribution in [3.8, 4) is 0 Å². The number of aryl methyl sites for hydroxylation is 1. The first kappa shape index (κ1) is 12.2. The number of rotatable bonds is 1. The van der Waals surface area contributed by atoms with Crippen molar-refractivity contribution in [3.63, 3.8) is 0 Å². The van der Waals surface area contributed by atoms with E-state index in [0.717, 1.165) is 0 Å². The van der Waals surface area contributed by atoms with Crippen LogP contribution < -0.4 is 5.73 Å². The first-order valence-electron chi connectivity index (χ1n) is 4.86. The van der Waals surface area contributed by atoms with Crippen molar-refractivity contribution >= 4 is 0 Å². The highest BCUT2D eigenvalue weighted by Gasteiger charge is 2.12. The summed E-state index contributed by atoms with van der Waals surface area (Å²) in [7, 11) is 0. The number of benzene rings is 1. The van der Waals surface area contributed by atoms with Crippen LogP contribution in [0.25, 0.3) is 0 Å². The van der Waals surface area contributed by atoms with Gasteiger partial charge in [-0.05, 0) is 26.3 Å². The maximum absolute atomic E-state index is 5.91. The zero-order valence-corrected chi connectivity index (χ0v) is 9.39. The lowest BCUT2D eigenvalue weighted by Crippen LogP contribution is -2.28. The summed E-state index contributed by atoms with van der Waals surface area (Å²) in [5.41, 5.74) is 8.15. The van der Waals surface area contributed by atoms with Crippen molar-refractivity contribution in [2.75, 3.05) is 0 Å². The molecule has 0 aliphatic rings. The highest BCUT2D eigenvalue weighted by molar-refractivity contribution is 5.26. The summed E-state index contributed by atoms with van der Waals surface area (Å²) in [6.45, 7) is 10.1. The summed E-state index contributed by atoms with van der Waals surface area (Å²) in [4.78, 5) is 0. The number of hydrogen-bond acceptors (Lipinski definition) is 1. The summed E-state index contributed by atoms with van der Waals surface area (Å²) in [5.74, 6) is 0. The molecular formula is C12H21N. The fourth-order valence-electron chi connectivity index (χ4n) is 0.983. The minimum Gasteiger partial charge on any atom is -0.322 e. The molecule has 1 heteroatoms. The fraction of sp³-hybridized carbons (Fsp3) is 0.500. The molecule has 0 saturated carbocycles. The zero-order chi connectivity index (χ0) is 10.5. The van der Waals surface area contributed by atoms with Gasteiger partial charge in [-0.15, -0.1) is 0 Å². The second-order valence-electron chi connectivity index (χ2n) is 3.59. The van der Waals surface area contributed by atoms with Gasteiger partial charge in [0.05, 0.1) is 0 Å². The predicted octanol–water partition coefficient (Wildman–Crippen LogP) is 3.22. The van der Waals surface area contributed by atoms with Crippen LogP contribution in [0.1, 0.15) is 38.8 Å². The van der Waals surface area contributed by atoms with E-state index in [-0.39, 0.29) is 5.54 Å². The lowest BCUT2D eigenvalue weighted by atomic mass is 9.95. The first-order valence-corrected chi connectivity index (χ1v) is 4.86. The smallest absolute Gasteiger partial charge is 0.0352 e. The van der Waals surface area contributed by atoms with Gasteiger partial charge in [0, 0.05) is 5.54 Å². The Hall–Kier alpha value is -0.820. The van der Waals surface area contributed by atoms with Gasteiger partial charge >= 0.3 is 0 Å². The molecule has 13 heavy (non-hydrogen) atoms. The lowest BCUT2D eigenvalue weighted by Gasteiger charge is -2.18. The second kappa shape index (κ2) is 5.03. The van der Waals surface area contributed by atoms with E-state index in [2.05, 4.69) is 31.2 Å². The molecule has 0 fully saturated rings. The van der Waals surface area contributed by atoms with Crippen LogP contribution in [0.5, 0.6) is 0 Å². The summed E-state index contributed by atoms with van der Waals surface area (Å²) in [5, 5.41) is 0. The van der Waals surface area contributed by atoms with E-state index in [4.69, 9.17) is 5.73 Å². The molecule has 0 aliphatic carbocycles. The highest BCUT2D eigenvalue weighted by atomic mass is 14.7. The first-order chi connectivity index (χ1) is 6.00. The number of hydrogen-bond donors (Lipinski definition) is 1. The molecule has 0 unspecified atom stereocenters. The van der Waals surface area contributed by atoms with Crippen molar-refractivity contribution < 1.29 is 0 Å². The molecule has 0 saturated heterocycles. The molecule has 0 amide bonds. The monoisotopic (exact) mass is 179 g/mol. The van der Waals surface area contributed by atoms with Gasteiger partial charge in [-0.2, -0.15) is 0 Å². The second-order valence-corrected chi connectivity index (χ2v) is 3.59. The Balaban J connectivity index is 0.000000671. The maximum Gasteiger partial charge on any atom is 0.0352 e. The van der Waals surface area contributed by atoms with Crippen molar-refractivity contribution in [2.24, 2.45) is 5.73 Å². The van der Waals surface area contributed by atoms with Gasteiger partial charge in [0.2, 0.25) is 0 Å². The van der Waals surface area contributed by atoms with Crippen LogP contribution in [0.2, 0.25) is 0 Å². The molecule has 0 radical (unpaired) electrons. The van der Waals surface area contributed by atoms with Crippen molar-refractivity contribution in [2.45, 2.75) is 40.2 Å². The third-order valence-electron chi connectivity index (χ3n) is 1.80. The molecule has 0 aromatic heterocycles. The third-order valence-corrected chi connectivity index (χ3v) is 1.80. The topological polar surface area (TPSA) is 26.0 Å². The van der Waals surface area contributed by atoms with Gasteiger partial charge in [0.1, 0.15) is 0 Å². The Bertz CT molecular complexity index is 228. The summed E-state index contributed by atoms with van der Waals surface area (Å²) in [6, 6.07) is 8.33. The van der Waals surface area contributed by atoms with E-state index in [1.165, 1.54) is 11.1 Å². The average molecular weight is 179 g/mol. The van der Waals surface area contributed by atoms with Gasteiger partial charge in [-0.3, -0.25) is 0 Å². The van der Waals surface area contributed by atoms with Crippen LogP contribution in [0.3, 0.4) is 0 Å². The van der Waals surface area contributed by atoms with Crippen LogP contribution in [0.15, 0.2) is 24.3 Å². The predicted molar refractivity (Wildman–Crippen MR) is 59.7 cm³/mol. The standard InChI is InChI=1S/C10H15N.C2H6/c1-8-4-6-9(7-5-8)10(2,3)11;1-2/h4-7H,11H2,1-3H3;1-2H3. The molecule has 2 N–H and O–H groups in total. The van der Waals surface area contributed by atoms with E-state index >= 15 is 0 Å². The zero-order valence-electron chi connectivity index (χ0n) is 9.39. The SMILES string of the molecule is CC.Cc1ccc(C(C)(C)N)cc1. The van der Waals surface area contributed by atoms with Crippen LogP contribution >= 0.6 is 0 Å². The molecule has 0 spiro atoms. The van der Waals surface area contributed by atoms with E-state index < -0.39 is 0 Å². The summed E-state index contributed by atoms with van der Waals surface area (Å²) in [6.07, 6.45) is 0. The summed E-state index contributed by atoms with van der Waals surface area (Å²) >= 11 is 0. The van der Waals surface area contributed by atoms with Crippen molar-refractivity contribution in [1.82, 2.24) is 0 Å². The molecule has 1 nitrogen and oxygen atoms in total. The van der Waals surface area contributed by atoms with Crippen molar-refractivity contribution in [1.29, 1.82) is 0 Å². The largest absolute Gasteiger partial charge is 0.322 e. The molecule has 1 rings (SSSR count).